The number of ether oxygens (including phenoxy) is 1. The molecule has 0 aromatic rings. The maximum atomic E-state index is 9.48. The molecular weight excluding hydrogens is 212 g/mol. The normalized spacial score (nSPS) is 12.0. The molecule has 0 heterocycles. The molecule has 0 aliphatic carbocycles. The van der Waals surface area contributed by atoms with Crippen molar-refractivity contribution in [2.75, 3.05) is 13.2 Å². The number of unbranched alkanes of at least 4 members (excludes halogenated alkanes) is 7. The van der Waals surface area contributed by atoms with Crippen molar-refractivity contribution in [3.05, 3.63) is 0 Å². The van der Waals surface area contributed by atoms with Crippen LogP contribution in [0.2, 0.25) is 0 Å². The van der Waals surface area contributed by atoms with Crippen LogP contribution in [0.4, 0.5) is 0 Å². The van der Waals surface area contributed by atoms with Gasteiger partial charge in [0.15, 0.2) is 0 Å². The molecule has 0 aliphatic rings. The fourth-order valence-corrected chi connectivity index (χ4v) is 1.76. The zero-order valence-electron chi connectivity index (χ0n) is 12.1. The fourth-order valence-electron chi connectivity index (χ4n) is 1.76. The Morgan fingerprint density at radius 3 is 1.88 bits per heavy atom. The topological polar surface area (TPSA) is 29.5 Å². The predicted octanol–water partition coefficient (Wildman–Crippen LogP) is 4.30. The van der Waals surface area contributed by atoms with E-state index in [4.69, 9.17) is 4.74 Å². The molecule has 0 aromatic heterocycles. The molecule has 2 heteroatoms. The van der Waals surface area contributed by atoms with Crippen LogP contribution in [0.3, 0.4) is 0 Å². The van der Waals surface area contributed by atoms with Gasteiger partial charge in [-0.2, -0.15) is 0 Å². The third-order valence-corrected chi connectivity index (χ3v) is 3.00. The maximum absolute atomic E-state index is 9.48. The molecule has 0 radical (unpaired) electrons. The van der Waals surface area contributed by atoms with E-state index in [1.54, 1.807) is 0 Å². The molecule has 104 valence electrons. The molecule has 0 saturated carbocycles. The second kappa shape index (κ2) is 11.0. The van der Waals surface area contributed by atoms with Crippen molar-refractivity contribution in [2.45, 2.75) is 84.2 Å². The molecule has 0 atom stereocenters. The smallest absolute Gasteiger partial charge is 0.0613 e. The summed E-state index contributed by atoms with van der Waals surface area (Å²) in [5.74, 6) is 0. The van der Waals surface area contributed by atoms with Gasteiger partial charge in [-0.3, -0.25) is 0 Å². The molecule has 0 bridgehead atoms. The average Bonchev–Trinajstić information content (AvgIpc) is 2.24. The van der Waals surface area contributed by atoms with E-state index in [1.807, 2.05) is 13.8 Å². The van der Waals surface area contributed by atoms with Crippen molar-refractivity contribution < 1.29 is 9.84 Å². The van der Waals surface area contributed by atoms with Crippen molar-refractivity contribution in [3.63, 3.8) is 0 Å². The Bertz CT molecular complexity index is 149. The van der Waals surface area contributed by atoms with Gasteiger partial charge in [0.05, 0.1) is 5.60 Å². The molecule has 17 heavy (non-hydrogen) atoms. The van der Waals surface area contributed by atoms with Crippen LogP contribution in [0.25, 0.3) is 0 Å². The minimum Gasteiger partial charge on any atom is -0.390 e. The molecule has 2 nitrogen and oxygen atoms in total. The van der Waals surface area contributed by atoms with E-state index >= 15 is 0 Å². The summed E-state index contributed by atoms with van der Waals surface area (Å²) in [6, 6.07) is 0. The van der Waals surface area contributed by atoms with Gasteiger partial charge in [-0.1, -0.05) is 51.9 Å². The predicted molar refractivity (Wildman–Crippen MR) is 74.3 cm³/mol. The first-order chi connectivity index (χ1) is 8.06. The van der Waals surface area contributed by atoms with Crippen molar-refractivity contribution in [1.29, 1.82) is 0 Å². The standard InChI is InChI=1S/C15H32O2/c1-4-5-6-7-8-9-10-11-13-17-14-12-15(2,3)16/h16H,4-14H2,1-3H3. The fraction of sp³-hybridized carbons (Fsp3) is 1.00. The number of aliphatic hydroxyl groups is 1. The minimum atomic E-state index is -0.584. The number of hydrogen-bond acceptors (Lipinski definition) is 2. The Kier molecular flexibility index (Phi) is 11.0. The average molecular weight is 244 g/mol. The lowest BCUT2D eigenvalue weighted by molar-refractivity contribution is 0.0275. The Morgan fingerprint density at radius 1 is 0.824 bits per heavy atom. The zero-order valence-corrected chi connectivity index (χ0v) is 12.1. The lowest BCUT2D eigenvalue weighted by atomic mass is 10.1. The van der Waals surface area contributed by atoms with Gasteiger partial charge in [-0.15, -0.1) is 0 Å². The lowest BCUT2D eigenvalue weighted by Gasteiger charge is -2.16. The van der Waals surface area contributed by atoms with Gasteiger partial charge in [-0.25, -0.2) is 0 Å². The van der Waals surface area contributed by atoms with Gasteiger partial charge in [-0.05, 0) is 26.7 Å². The molecule has 0 aliphatic heterocycles. The highest BCUT2D eigenvalue weighted by atomic mass is 16.5. The second-order valence-electron chi connectivity index (χ2n) is 5.65. The Morgan fingerprint density at radius 2 is 1.35 bits per heavy atom. The maximum Gasteiger partial charge on any atom is 0.0613 e. The molecule has 0 rings (SSSR count). The van der Waals surface area contributed by atoms with E-state index in [1.165, 1.54) is 51.4 Å². The SMILES string of the molecule is CCCCCCCCCCOCCC(C)(C)O. The first-order valence-electron chi connectivity index (χ1n) is 7.36. The number of rotatable bonds is 12. The monoisotopic (exact) mass is 244 g/mol. The molecule has 0 aromatic carbocycles. The summed E-state index contributed by atoms with van der Waals surface area (Å²) >= 11 is 0. The van der Waals surface area contributed by atoms with E-state index in [0.717, 1.165) is 13.0 Å². The van der Waals surface area contributed by atoms with Crippen LogP contribution >= 0.6 is 0 Å². The molecule has 0 spiro atoms. The molecule has 1 N–H and O–H groups in total. The van der Waals surface area contributed by atoms with E-state index < -0.39 is 5.60 Å². The van der Waals surface area contributed by atoms with Crippen LogP contribution in [0.5, 0.6) is 0 Å². The summed E-state index contributed by atoms with van der Waals surface area (Å²) in [6.45, 7) is 7.44. The van der Waals surface area contributed by atoms with Crippen molar-refractivity contribution in [3.8, 4) is 0 Å². The van der Waals surface area contributed by atoms with Crippen LogP contribution in [-0.4, -0.2) is 23.9 Å². The van der Waals surface area contributed by atoms with E-state index in [0.29, 0.717) is 6.61 Å². The van der Waals surface area contributed by atoms with Crippen molar-refractivity contribution in [2.24, 2.45) is 0 Å². The molecule has 0 amide bonds. The highest BCUT2D eigenvalue weighted by molar-refractivity contribution is 4.63. The molecule has 0 unspecified atom stereocenters. The highest BCUT2D eigenvalue weighted by Crippen LogP contribution is 2.09. The third kappa shape index (κ3) is 15.9. The van der Waals surface area contributed by atoms with E-state index in [9.17, 15) is 5.11 Å². The van der Waals surface area contributed by atoms with Crippen molar-refractivity contribution in [1.82, 2.24) is 0 Å². The van der Waals surface area contributed by atoms with Crippen LogP contribution in [-0.2, 0) is 4.74 Å². The lowest BCUT2D eigenvalue weighted by Crippen LogP contribution is -2.21. The largest absolute Gasteiger partial charge is 0.390 e. The first-order valence-corrected chi connectivity index (χ1v) is 7.36. The second-order valence-corrected chi connectivity index (χ2v) is 5.65. The Hall–Kier alpha value is -0.0800. The van der Waals surface area contributed by atoms with Gasteiger partial charge in [0.25, 0.3) is 0 Å². The molecule has 0 saturated heterocycles. The summed E-state index contributed by atoms with van der Waals surface area (Å²) in [6.07, 6.45) is 11.4. The van der Waals surface area contributed by atoms with Gasteiger partial charge >= 0.3 is 0 Å². The van der Waals surface area contributed by atoms with Gasteiger partial charge in [0.2, 0.25) is 0 Å². The van der Waals surface area contributed by atoms with Crippen LogP contribution < -0.4 is 0 Å². The summed E-state index contributed by atoms with van der Waals surface area (Å²) < 4.78 is 5.49. The zero-order chi connectivity index (χ0) is 13.0. The summed E-state index contributed by atoms with van der Waals surface area (Å²) in [5, 5.41) is 9.48. The first kappa shape index (κ1) is 16.9. The van der Waals surface area contributed by atoms with Crippen LogP contribution in [0.15, 0.2) is 0 Å². The Balaban J connectivity index is 2.99. The van der Waals surface area contributed by atoms with E-state index in [-0.39, 0.29) is 0 Å². The van der Waals surface area contributed by atoms with Gasteiger partial charge in [0, 0.05) is 13.2 Å². The van der Waals surface area contributed by atoms with E-state index in [2.05, 4.69) is 6.92 Å². The van der Waals surface area contributed by atoms with Crippen LogP contribution in [0.1, 0.15) is 78.6 Å². The van der Waals surface area contributed by atoms with Crippen molar-refractivity contribution >= 4 is 0 Å². The highest BCUT2D eigenvalue weighted by Gasteiger charge is 2.11. The van der Waals surface area contributed by atoms with Gasteiger partial charge < -0.3 is 9.84 Å². The van der Waals surface area contributed by atoms with Gasteiger partial charge in [0.1, 0.15) is 0 Å². The Labute approximate surface area is 108 Å². The summed E-state index contributed by atoms with van der Waals surface area (Å²) in [4.78, 5) is 0. The number of hydrogen-bond donors (Lipinski definition) is 1. The quantitative estimate of drug-likeness (QED) is 0.518. The van der Waals surface area contributed by atoms with Crippen LogP contribution in [0, 0.1) is 0 Å². The summed E-state index contributed by atoms with van der Waals surface area (Å²) in [7, 11) is 0. The summed E-state index contributed by atoms with van der Waals surface area (Å²) in [5.41, 5.74) is -0.584. The molecule has 0 fully saturated rings. The third-order valence-electron chi connectivity index (χ3n) is 3.00. The minimum absolute atomic E-state index is 0.584. The molecular formula is C15H32O2.